The zero-order valence-electron chi connectivity index (χ0n) is 22.2. The number of rotatable bonds is 4. The zero-order chi connectivity index (χ0) is 23.7. The molecule has 182 valence electrons. The lowest BCUT2D eigenvalue weighted by Gasteiger charge is -2.64. The third kappa shape index (κ3) is 3.33. The fourth-order valence-corrected chi connectivity index (χ4v) is 9.63. The van der Waals surface area contributed by atoms with Gasteiger partial charge in [-0.15, -0.1) is 0 Å². The highest BCUT2D eigenvalue weighted by Crippen LogP contribution is 2.73. The van der Waals surface area contributed by atoms with Gasteiger partial charge in [0.15, 0.2) is 0 Å². The molecule has 2 N–H and O–H groups in total. The second-order valence-electron chi connectivity index (χ2n) is 13.8. The highest BCUT2D eigenvalue weighted by molar-refractivity contribution is 5.34. The van der Waals surface area contributed by atoms with Gasteiger partial charge in [-0.1, -0.05) is 64.8 Å². The molecule has 0 aromatic rings. The number of allylic oxidation sites excluding steroid dienone is 4. The van der Waals surface area contributed by atoms with E-state index in [1.807, 2.05) is 0 Å². The Kier molecular flexibility index (Phi) is 6.11. The summed E-state index contributed by atoms with van der Waals surface area (Å²) in [5.74, 6) is 2.08. The van der Waals surface area contributed by atoms with Crippen LogP contribution in [0.25, 0.3) is 0 Å². The average Bonchev–Trinajstić information content (AvgIpc) is 2.90. The Labute approximate surface area is 198 Å². The summed E-state index contributed by atoms with van der Waals surface area (Å²) in [7, 11) is 0. The van der Waals surface area contributed by atoms with Gasteiger partial charge in [-0.05, 0) is 111 Å². The molecule has 0 bridgehead atoms. The average molecular weight is 443 g/mol. The molecule has 4 aliphatic carbocycles. The van der Waals surface area contributed by atoms with Gasteiger partial charge in [0.2, 0.25) is 0 Å². The topological polar surface area (TPSA) is 40.5 Å². The van der Waals surface area contributed by atoms with Crippen molar-refractivity contribution in [1.82, 2.24) is 0 Å². The van der Waals surface area contributed by atoms with E-state index < -0.39 is 0 Å². The molecule has 0 saturated heterocycles. The number of aliphatic hydroxyl groups is 2. The number of hydrogen-bond donors (Lipinski definition) is 2. The van der Waals surface area contributed by atoms with Crippen molar-refractivity contribution in [2.45, 2.75) is 119 Å². The molecule has 0 aromatic heterocycles. The first-order valence-corrected chi connectivity index (χ1v) is 13.5. The molecule has 2 heteroatoms. The predicted octanol–water partition coefficient (Wildman–Crippen LogP) is 7.31. The van der Waals surface area contributed by atoms with E-state index in [-0.39, 0.29) is 33.9 Å². The molecule has 3 fully saturated rings. The van der Waals surface area contributed by atoms with Gasteiger partial charge in [-0.3, -0.25) is 0 Å². The van der Waals surface area contributed by atoms with Crippen molar-refractivity contribution in [3.63, 3.8) is 0 Å². The van der Waals surface area contributed by atoms with Gasteiger partial charge in [0.25, 0.3) is 0 Å². The molecule has 32 heavy (non-hydrogen) atoms. The molecule has 0 amide bonds. The Morgan fingerprint density at radius 1 is 1.09 bits per heavy atom. The van der Waals surface area contributed by atoms with Crippen molar-refractivity contribution in [2.75, 3.05) is 0 Å². The van der Waals surface area contributed by atoms with Crippen molar-refractivity contribution < 1.29 is 10.2 Å². The van der Waals surface area contributed by atoms with Crippen molar-refractivity contribution in [3.05, 3.63) is 23.3 Å². The fourth-order valence-electron chi connectivity index (χ4n) is 9.63. The van der Waals surface area contributed by atoms with E-state index in [4.69, 9.17) is 0 Å². The summed E-state index contributed by atoms with van der Waals surface area (Å²) >= 11 is 0. The molecule has 2 nitrogen and oxygen atoms in total. The lowest BCUT2D eigenvalue weighted by atomic mass is 9.41. The van der Waals surface area contributed by atoms with Crippen LogP contribution in [0, 0.1) is 45.3 Å². The molecule has 0 heterocycles. The van der Waals surface area contributed by atoms with E-state index >= 15 is 0 Å². The van der Waals surface area contributed by atoms with Gasteiger partial charge >= 0.3 is 0 Å². The first kappa shape index (κ1) is 24.5. The zero-order valence-corrected chi connectivity index (χ0v) is 22.2. The summed E-state index contributed by atoms with van der Waals surface area (Å²) in [6.45, 7) is 18.9. The van der Waals surface area contributed by atoms with Crippen LogP contribution in [0.4, 0.5) is 0 Å². The summed E-state index contributed by atoms with van der Waals surface area (Å²) in [4.78, 5) is 0. The van der Waals surface area contributed by atoms with Crippen LogP contribution in [-0.2, 0) is 0 Å². The molecular weight excluding hydrogens is 392 g/mol. The minimum absolute atomic E-state index is 0.0200. The number of hydrogen-bond acceptors (Lipinski definition) is 2. The van der Waals surface area contributed by atoms with Gasteiger partial charge < -0.3 is 10.2 Å². The molecule has 0 aliphatic heterocycles. The van der Waals surface area contributed by atoms with E-state index in [1.54, 1.807) is 5.57 Å². The molecular formula is C30H50O2. The highest BCUT2D eigenvalue weighted by atomic mass is 16.3. The van der Waals surface area contributed by atoms with Crippen molar-refractivity contribution >= 4 is 0 Å². The Balaban J connectivity index is 1.66. The SMILES string of the molecule is CC(C)=CCC[C@@H](C)[C@@H]1[C@@H](O)C[C@]2(C)C3=CC[C@H]4C(C)(C)[C@@H](O)CC[C@]4(C)[C@H]3CC[C@@]12C. The molecule has 0 unspecified atom stereocenters. The monoisotopic (exact) mass is 442 g/mol. The molecule has 9 atom stereocenters. The highest BCUT2D eigenvalue weighted by Gasteiger charge is 2.67. The summed E-state index contributed by atoms with van der Waals surface area (Å²) in [6.07, 6.45) is 13.5. The van der Waals surface area contributed by atoms with Crippen LogP contribution in [0.5, 0.6) is 0 Å². The quantitative estimate of drug-likeness (QED) is 0.448. The van der Waals surface area contributed by atoms with Gasteiger partial charge in [-0.25, -0.2) is 0 Å². The Bertz CT molecular complexity index is 789. The summed E-state index contributed by atoms with van der Waals surface area (Å²) < 4.78 is 0. The minimum Gasteiger partial charge on any atom is -0.393 e. The second-order valence-corrected chi connectivity index (χ2v) is 13.8. The maximum absolute atomic E-state index is 11.5. The Morgan fingerprint density at radius 3 is 2.44 bits per heavy atom. The third-order valence-corrected chi connectivity index (χ3v) is 11.7. The van der Waals surface area contributed by atoms with E-state index in [2.05, 4.69) is 67.5 Å². The van der Waals surface area contributed by atoms with Gasteiger partial charge in [0.05, 0.1) is 12.2 Å². The molecule has 0 aromatic carbocycles. The summed E-state index contributed by atoms with van der Waals surface area (Å²) in [6, 6.07) is 0. The lowest BCUT2D eigenvalue weighted by molar-refractivity contribution is -0.131. The third-order valence-electron chi connectivity index (χ3n) is 11.7. The second kappa shape index (κ2) is 7.98. The van der Waals surface area contributed by atoms with E-state index in [9.17, 15) is 10.2 Å². The van der Waals surface area contributed by atoms with Crippen LogP contribution in [0.2, 0.25) is 0 Å². The van der Waals surface area contributed by atoms with E-state index in [0.717, 1.165) is 32.1 Å². The summed E-state index contributed by atoms with van der Waals surface area (Å²) in [5.41, 5.74) is 3.60. The van der Waals surface area contributed by atoms with Crippen LogP contribution in [-0.4, -0.2) is 22.4 Å². The van der Waals surface area contributed by atoms with Gasteiger partial charge in [-0.2, -0.15) is 0 Å². The van der Waals surface area contributed by atoms with Crippen molar-refractivity contribution in [2.24, 2.45) is 45.3 Å². The molecule has 3 saturated carbocycles. The van der Waals surface area contributed by atoms with Crippen molar-refractivity contribution in [1.29, 1.82) is 0 Å². The predicted molar refractivity (Wildman–Crippen MR) is 134 cm³/mol. The molecule has 0 spiro atoms. The molecule has 0 radical (unpaired) electrons. The lowest BCUT2D eigenvalue weighted by Crippen LogP contribution is -2.58. The fraction of sp³-hybridized carbons (Fsp3) is 0.867. The first-order valence-electron chi connectivity index (χ1n) is 13.5. The molecule has 4 aliphatic rings. The van der Waals surface area contributed by atoms with Crippen LogP contribution < -0.4 is 0 Å². The standard InChI is InChI=1S/C30H50O2/c1-19(2)10-9-11-20(3)26-23(31)18-30(8)22-12-13-24-27(4,5)25(32)15-16-28(24,6)21(22)14-17-29(26,30)7/h10,12,20-21,23-26,31-32H,9,11,13-18H2,1-8H3/t20-,21+,23+,24+,25+,26-,28-,29+,30-/m1/s1. The van der Waals surface area contributed by atoms with Crippen LogP contribution >= 0.6 is 0 Å². The van der Waals surface area contributed by atoms with E-state index in [0.29, 0.717) is 23.7 Å². The normalized spacial score (nSPS) is 48.2. The number of aliphatic hydroxyl groups excluding tert-OH is 2. The summed E-state index contributed by atoms with van der Waals surface area (Å²) in [5, 5.41) is 22.3. The maximum atomic E-state index is 11.5. The Hall–Kier alpha value is -0.600. The van der Waals surface area contributed by atoms with Gasteiger partial charge in [0.1, 0.15) is 0 Å². The van der Waals surface area contributed by atoms with E-state index in [1.165, 1.54) is 24.8 Å². The first-order chi connectivity index (χ1) is 14.8. The Morgan fingerprint density at radius 2 is 1.78 bits per heavy atom. The smallest absolute Gasteiger partial charge is 0.0594 e. The van der Waals surface area contributed by atoms with Crippen LogP contribution in [0.1, 0.15) is 107 Å². The van der Waals surface area contributed by atoms with Crippen LogP contribution in [0.15, 0.2) is 23.3 Å². The largest absolute Gasteiger partial charge is 0.393 e. The molecule has 4 rings (SSSR count). The number of fused-ring (bicyclic) bond motifs is 5. The minimum atomic E-state index is -0.193. The van der Waals surface area contributed by atoms with Crippen LogP contribution in [0.3, 0.4) is 0 Å². The maximum Gasteiger partial charge on any atom is 0.0594 e. The van der Waals surface area contributed by atoms with Gasteiger partial charge in [0, 0.05) is 0 Å². The van der Waals surface area contributed by atoms with Crippen molar-refractivity contribution in [3.8, 4) is 0 Å².